The molecule has 1 N–H and O–H groups in total. The normalized spacial score (nSPS) is 22.9. The SMILES string of the molecule is CC(N=C1NS(=O)(=O)C(Cc2ccc(Cl)nc2)C(C)(C)O1)c1ccccc1F. The minimum atomic E-state index is -3.79. The number of benzene rings is 1. The first-order valence-electron chi connectivity index (χ1n) is 8.72. The molecule has 1 fully saturated rings. The van der Waals surface area contributed by atoms with Crippen molar-refractivity contribution in [1.29, 1.82) is 0 Å². The summed E-state index contributed by atoms with van der Waals surface area (Å²) in [6, 6.07) is 8.78. The number of rotatable bonds is 4. The zero-order chi connectivity index (χ0) is 20.5. The summed E-state index contributed by atoms with van der Waals surface area (Å²) in [5, 5.41) is -0.536. The van der Waals surface area contributed by atoms with Crippen LogP contribution >= 0.6 is 11.6 Å². The standard InChI is InChI=1S/C19H21ClFN3O3S/c1-12(14-6-4-5-7-15(14)21)23-18-24-28(25,26)16(19(2,3)27-18)10-13-8-9-17(20)22-11-13/h4-9,11-12,16H,10H2,1-3H3,(H,23,24). The molecule has 0 radical (unpaired) electrons. The average molecular weight is 426 g/mol. The summed E-state index contributed by atoms with van der Waals surface area (Å²) in [5.41, 5.74) is 0.0128. The Balaban J connectivity index is 1.85. The molecule has 3 rings (SSSR count). The molecule has 2 unspecified atom stereocenters. The summed E-state index contributed by atoms with van der Waals surface area (Å²) >= 11 is 5.79. The Labute approximate surface area is 168 Å². The zero-order valence-corrected chi connectivity index (χ0v) is 17.3. The van der Waals surface area contributed by atoms with Crippen LogP contribution in [0.25, 0.3) is 0 Å². The van der Waals surface area contributed by atoms with Gasteiger partial charge in [0, 0.05) is 11.8 Å². The van der Waals surface area contributed by atoms with Crippen LogP contribution in [0.15, 0.2) is 47.6 Å². The van der Waals surface area contributed by atoms with Crippen LogP contribution in [0.4, 0.5) is 4.39 Å². The number of ether oxygens (including phenoxy) is 1. The van der Waals surface area contributed by atoms with E-state index >= 15 is 0 Å². The van der Waals surface area contributed by atoms with Gasteiger partial charge in [-0.1, -0.05) is 35.9 Å². The molecule has 1 aromatic heterocycles. The van der Waals surface area contributed by atoms with Gasteiger partial charge in [0.1, 0.15) is 21.8 Å². The molecule has 2 heterocycles. The van der Waals surface area contributed by atoms with Gasteiger partial charge in [-0.3, -0.25) is 0 Å². The van der Waals surface area contributed by atoms with Gasteiger partial charge >= 0.3 is 0 Å². The molecule has 2 atom stereocenters. The van der Waals surface area contributed by atoms with Crippen molar-refractivity contribution in [3.63, 3.8) is 0 Å². The lowest BCUT2D eigenvalue weighted by atomic mass is 9.98. The van der Waals surface area contributed by atoms with E-state index in [0.717, 1.165) is 5.56 Å². The first kappa shape index (κ1) is 20.5. The number of halogens is 2. The van der Waals surface area contributed by atoms with Crippen molar-refractivity contribution >= 4 is 27.6 Å². The lowest BCUT2D eigenvalue weighted by Gasteiger charge is -2.39. The maximum absolute atomic E-state index is 14.0. The topological polar surface area (TPSA) is 80.7 Å². The molecule has 1 aromatic carbocycles. The fourth-order valence-electron chi connectivity index (χ4n) is 3.11. The summed E-state index contributed by atoms with van der Waals surface area (Å²) in [7, 11) is -3.79. The second-order valence-electron chi connectivity index (χ2n) is 7.17. The van der Waals surface area contributed by atoms with Gasteiger partial charge in [-0.15, -0.1) is 0 Å². The van der Waals surface area contributed by atoms with Gasteiger partial charge in [-0.25, -0.2) is 27.5 Å². The van der Waals surface area contributed by atoms with Gasteiger partial charge in [0.05, 0.1) is 6.04 Å². The molecule has 6 nitrogen and oxygen atoms in total. The van der Waals surface area contributed by atoms with E-state index in [1.165, 1.54) is 12.3 Å². The third kappa shape index (κ3) is 4.44. The molecule has 9 heteroatoms. The molecule has 28 heavy (non-hydrogen) atoms. The molecule has 0 spiro atoms. The second-order valence-corrected chi connectivity index (χ2v) is 9.42. The van der Waals surface area contributed by atoms with Crippen LogP contribution in [-0.2, 0) is 21.2 Å². The Bertz CT molecular complexity index is 994. The monoisotopic (exact) mass is 425 g/mol. The Morgan fingerprint density at radius 2 is 2.04 bits per heavy atom. The maximum atomic E-state index is 14.0. The van der Waals surface area contributed by atoms with Crippen molar-refractivity contribution in [2.75, 3.05) is 0 Å². The van der Waals surface area contributed by atoms with E-state index in [-0.39, 0.29) is 12.4 Å². The van der Waals surface area contributed by atoms with Crippen LogP contribution in [0, 0.1) is 5.82 Å². The molecule has 0 saturated carbocycles. The molecule has 0 amide bonds. The van der Waals surface area contributed by atoms with Crippen molar-refractivity contribution in [3.05, 3.63) is 64.7 Å². The van der Waals surface area contributed by atoms with Gasteiger partial charge < -0.3 is 4.74 Å². The first-order chi connectivity index (χ1) is 13.1. The maximum Gasteiger partial charge on any atom is 0.299 e. The van der Waals surface area contributed by atoms with Gasteiger partial charge in [0.2, 0.25) is 10.0 Å². The van der Waals surface area contributed by atoms with Crippen LogP contribution in [0.3, 0.4) is 0 Å². The largest absolute Gasteiger partial charge is 0.457 e. The Morgan fingerprint density at radius 3 is 2.64 bits per heavy atom. The van der Waals surface area contributed by atoms with E-state index in [9.17, 15) is 12.8 Å². The smallest absolute Gasteiger partial charge is 0.299 e. The lowest BCUT2D eigenvalue weighted by Crippen LogP contribution is -2.59. The number of sulfonamides is 1. The summed E-state index contributed by atoms with van der Waals surface area (Å²) in [4.78, 5) is 8.23. The van der Waals surface area contributed by atoms with Crippen LogP contribution < -0.4 is 4.72 Å². The highest BCUT2D eigenvalue weighted by atomic mass is 35.5. The summed E-state index contributed by atoms with van der Waals surface area (Å²) in [6.45, 7) is 5.03. The van der Waals surface area contributed by atoms with Crippen molar-refractivity contribution in [1.82, 2.24) is 9.71 Å². The lowest BCUT2D eigenvalue weighted by molar-refractivity contribution is 0.0762. The third-order valence-electron chi connectivity index (χ3n) is 4.62. The predicted octanol–water partition coefficient (Wildman–Crippen LogP) is 3.63. The molecular weight excluding hydrogens is 405 g/mol. The Hall–Kier alpha value is -2.19. The second kappa shape index (κ2) is 7.67. The van der Waals surface area contributed by atoms with Crippen molar-refractivity contribution < 1.29 is 17.5 Å². The molecule has 0 aliphatic carbocycles. The van der Waals surface area contributed by atoms with Gasteiger partial charge in [-0.2, -0.15) is 0 Å². The molecule has 1 aliphatic heterocycles. The first-order valence-corrected chi connectivity index (χ1v) is 10.6. The minimum absolute atomic E-state index is 0.147. The molecule has 1 saturated heterocycles. The molecule has 0 bridgehead atoms. The molecule has 150 valence electrons. The summed E-state index contributed by atoms with van der Waals surface area (Å²) < 4.78 is 47.9. The summed E-state index contributed by atoms with van der Waals surface area (Å²) in [6.07, 6.45) is 1.74. The minimum Gasteiger partial charge on any atom is -0.457 e. The highest BCUT2D eigenvalue weighted by molar-refractivity contribution is 7.90. The molecule has 2 aromatic rings. The van der Waals surface area contributed by atoms with Crippen LogP contribution in [0.1, 0.15) is 37.9 Å². The predicted molar refractivity (Wildman–Crippen MR) is 106 cm³/mol. The molecular formula is C19H21ClFN3O3S. The fourth-order valence-corrected chi connectivity index (χ4v) is 4.91. The highest BCUT2D eigenvalue weighted by Gasteiger charge is 2.47. The van der Waals surface area contributed by atoms with Crippen molar-refractivity contribution in [3.8, 4) is 0 Å². The van der Waals surface area contributed by atoms with E-state index in [1.807, 2.05) is 0 Å². The number of hydrogen-bond acceptors (Lipinski definition) is 5. The van der Waals surface area contributed by atoms with E-state index in [0.29, 0.717) is 10.7 Å². The van der Waals surface area contributed by atoms with Gasteiger partial charge in [-0.05, 0) is 44.9 Å². The van der Waals surface area contributed by atoms with E-state index in [4.69, 9.17) is 16.3 Å². The van der Waals surface area contributed by atoms with Crippen LogP contribution in [-0.4, -0.2) is 30.3 Å². The molecule has 1 aliphatic rings. The number of nitrogens with zero attached hydrogens (tertiary/aromatic N) is 2. The van der Waals surface area contributed by atoms with Gasteiger partial charge in [0.15, 0.2) is 0 Å². The van der Waals surface area contributed by atoms with Crippen LogP contribution in [0.5, 0.6) is 0 Å². The van der Waals surface area contributed by atoms with E-state index in [1.54, 1.807) is 51.1 Å². The number of hydrogen-bond donors (Lipinski definition) is 1. The number of amidine groups is 1. The van der Waals surface area contributed by atoms with Crippen LogP contribution in [0.2, 0.25) is 5.15 Å². The van der Waals surface area contributed by atoms with Crippen molar-refractivity contribution in [2.24, 2.45) is 4.99 Å². The summed E-state index contributed by atoms with van der Waals surface area (Å²) in [5.74, 6) is -0.412. The Morgan fingerprint density at radius 1 is 1.32 bits per heavy atom. The Kier molecular flexibility index (Phi) is 5.63. The van der Waals surface area contributed by atoms with E-state index < -0.39 is 32.7 Å². The van der Waals surface area contributed by atoms with Crippen molar-refractivity contribution in [2.45, 2.75) is 44.1 Å². The highest BCUT2D eigenvalue weighted by Crippen LogP contribution is 2.30. The van der Waals surface area contributed by atoms with Gasteiger partial charge in [0.25, 0.3) is 6.02 Å². The number of aliphatic imine (C=N–C) groups is 1. The quantitative estimate of drug-likeness (QED) is 0.758. The average Bonchev–Trinajstić information content (AvgIpc) is 2.59. The fraction of sp³-hybridized carbons (Fsp3) is 0.368. The van der Waals surface area contributed by atoms with E-state index in [2.05, 4.69) is 14.7 Å². The number of nitrogens with one attached hydrogen (secondary N) is 1. The number of pyridine rings is 1. The third-order valence-corrected chi connectivity index (χ3v) is 6.78. The number of aromatic nitrogens is 1. The zero-order valence-electron chi connectivity index (χ0n) is 15.7.